The molecule has 0 aliphatic carbocycles. The number of hydrogen-bond donors (Lipinski definition) is 2. The van der Waals surface area contributed by atoms with Gasteiger partial charge in [0.25, 0.3) is 0 Å². The molecule has 0 saturated heterocycles. The maximum Gasteiger partial charge on any atom is 0.309 e. The number of carboxylic acids is 1. The summed E-state index contributed by atoms with van der Waals surface area (Å²) in [7, 11) is 0. The number of carbonyl (C=O) groups is 2. The molecule has 0 aromatic heterocycles. The molecule has 0 saturated carbocycles. The average Bonchev–Trinajstić information content (AvgIpc) is 2.14. The number of hydrogen-bond acceptors (Lipinski definition) is 2. The van der Waals surface area contributed by atoms with Crippen molar-refractivity contribution in [1.82, 2.24) is 5.32 Å². The van der Waals surface area contributed by atoms with E-state index in [2.05, 4.69) is 5.32 Å². The fourth-order valence-electron chi connectivity index (χ4n) is 0.982. The summed E-state index contributed by atoms with van der Waals surface area (Å²) in [5, 5.41) is 11.7. The van der Waals surface area contributed by atoms with Crippen molar-refractivity contribution in [2.45, 2.75) is 53.0 Å². The molecule has 0 radical (unpaired) electrons. The van der Waals surface area contributed by atoms with E-state index in [4.69, 9.17) is 5.11 Å². The normalized spacial score (nSPS) is 13.3. The average molecular weight is 215 g/mol. The summed E-state index contributed by atoms with van der Waals surface area (Å²) in [5.41, 5.74) is -0.827. The SMILES string of the molecule is CCC(C)NC(=O)CCC(C)(C)C(=O)O. The second-order valence-corrected chi connectivity index (χ2v) is 4.57. The number of carboxylic acid groups (broad SMARTS) is 1. The van der Waals surface area contributed by atoms with Crippen LogP contribution in [0.25, 0.3) is 0 Å². The minimum absolute atomic E-state index is 0.0707. The first-order chi connectivity index (χ1) is 6.79. The van der Waals surface area contributed by atoms with Crippen LogP contribution >= 0.6 is 0 Å². The molecule has 88 valence electrons. The van der Waals surface area contributed by atoms with Gasteiger partial charge in [-0.25, -0.2) is 0 Å². The fourth-order valence-corrected chi connectivity index (χ4v) is 0.982. The van der Waals surface area contributed by atoms with E-state index >= 15 is 0 Å². The highest BCUT2D eigenvalue weighted by Crippen LogP contribution is 2.22. The van der Waals surface area contributed by atoms with Gasteiger partial charge in [0.15, 0.2) is 0 Å². The van der Waals surface area contributed by atoms with Gasteiger partial charge in [-0.3, -0.25) is 9.59 Å². The van der Waals surface area contributed by atoms with E-state index in [9.17, 15) is 9.59 Å². The third-order valence-corrected chi connectivity index (χ3v) is 2.58. The molecule has 0 heterocycles. The van der Waals surface area contributed by atoms with Crippen molar-refractivity contribution in [3.63, 3.8) is 0 Å². The first-order valence-electron chi connectivity index (χ1n) is 5.32. The summed E-state index contributed by atoms with van der Waals surface area (Å²) >= 11 is 0. The molecule has 0 rings (SSSR count). The highest BCUT2D eigenvalue weighted by atomic mass is 16.4. The number of aliphatic carboxylic acids is 1. The first-order valence-corrected chi connectivity index (χ1v) is 5.32. The van der Waals surface area contributed by atoms with Crippen LogP contribution in [0.4, 0.5) is 0 Å². The van der Waals surface area contributed by atoms with Gasteiger partial charge in [-0.05, 0) is 33.6 Å². The standard InChI is InChI=1S/C11H21NO3/c1-5-8(2)12-9(13)6-7-11(3,4)10(14)15/h8H,5-7H2,1-4H3,(H,12,13)(H,14,15). The van der Waals surface area contributed by atoms with Gasteiger partial charge < -0.3 is 10.4 Å². The molecule has 0 aromatic carbocycles. The van der Waals surface area contributed by atoms with E-state index < -0.39 is 11.4 Å². The summed E-state index contributed by atoms with van der Waals surface area (Å²) in [6, 6.07) is 0.158. The lowest BCUT2D eigenvalue weighted by atomic mass is 9.88. The van der Waals surface area contributed by atoms with Crippen molar-refractivity contribution < 1.29 is 14.7 Å². The van der Waals surface area contributed by atoms with Crippen molar-refractivity contribution in [1.29, 1.82) is 0 Å². The smallest absolute Gasteiger partial charge is 0.309 e. The van der Waals surface area contributed by atoms with Crippen LogP contribution in [0.15, 0.2) is 0 Å². The number of amides is 1. The van der Waals surface area contributed by atoms with Gasteiger partial charge in [-0.1, -0.05) is 6.92 Å². The number of rotatable bonds is 6. The minimum Gasteiger partial charge on any atom is -0.481 e. The van der Waals surface area contributed by atoms with Gasteiger partial charge in [0.05, 0.1) is 5.41 Å². The Morgan fingerprint density at radius 3 is 2.33 bits per heavy atom. The maximum absolute atomic E-state index is 11.4. The molecule has 0 aliphatic heterocycles. The second-order valence-electron chi connectivity index (χ2n) is 4.57. The van der Waals surface area contributed by atoms with Gasteiger partial charge in [0.1, 0.15) is 0 Å². The molecule has 1 amide bonds. The molecule has 15 heavy (non-hydrogen) atoms. The van der Waals surface area contributed by atoms with Crippen LogP contribution in [0.1, 0.15) is 47.0 Å². The van der Waals surface area contributed by atoms with E-state index in [0.29, 0.717) is 6.42 Å². The van der Waals surface area contributed by atoms with Crippen molar-refractivity contribution >= 4 is 11.9 Å². The molecule has 0 bridgehead atoms. The fraction of sp³-hybridized carbons (Fsp3) is 0.818. The van der Waals surface area contributed by atoms with Gasteiger partial charge in [0, 0.05) is 12.5 Å². The van der Waals surface area contributed by atoms with Crippen LogP contribution in [0.2, 0.25) is 0 Å². The van der Waals surface area contributed by atoms with Crippen molar-refractivity contribution in [2.24, 2.45) is 5.41 Å². The molecule has 1 unspecified atom stereocenters. The van der Waals surface area contributed by atoms with Crippen molar-refractivity contribution in [3.8, 4) is 0 Å². The highest BCUT2D eigenvalue weighted by molar-refractivity contribution is 5.78. The molecule has 0 fully saturated rings. The van der Waals surface area contributed by atoms with Crippen LogP contribution in [0, 0.1) is 5.41 Å². The third kappa shape index (κ3) is 5.40. The van der Waals surface area contributed by atoms with Gasteiger partial charge >= 0.3 is 5.97 Å². The van der Waals surface area contributed by atoms with E-state index in [1.807, 2.05) is 13.8 Å². The zero-order valence-electron chi connectivity index (χ0n) is 9.96. The molecule has 0 spiro atoms. The summed E-state index contributed by atoms with van der Waals surface area (Å²) in [6.45, 7) is 7.18. The summed E-state index contributed by atoms with van der Waals surface area (Å²) in [4.78, 5) is 22.2. The van der Waals surface area contributed by atoms with E-state index in [-0.39, 0.29) is 18.4 Å². The maximum atomic E-state index is 11.4. The number of carbonyl (C=O) groups excluding carboxylic acids is 1. The molecular formula is C11H21NO3. The van der Waals surface area contributed by atoms with Gasteiger partial charge in [-0.2, -0.15) is 0 Å². The van der Waals surface area contributed by atoms with Crippen LogP contribution < -0.4 is 5.32 Å². The zero-order chi connectivity index (χ0) is 12.1. The second kappa shape index (κ2) is 5.73. The van der Waals surface area contributed by atoms with Crippen LogP contribution in [-0.2, 0) is 9.59 Å². The largest absolute Gasteiger partial charge is 0.481 e. The predicted octanol–water partition coefficient (Wildman–Crippen LogP) is 1.79. The number of nitrogens with one attached hydrogen (secondary N) is 1. The quantitative estimate of drug-likeness (QED) is 0.710. The van der Waals surface area contributed by atoms with E-state index in [1.165, 1.54) is 0 Å². The third-order valence-electron chi connectivity index (χ3n) is 2.58. The molecule has 1 atom stereocenters. The molecule has 4 heteroatoms. The Bertz CT molecular complexity index is 236. The molecular weight excluding hydrogens is 194 g/mol. The summed E-state index contributed by atoms with van der Waals surface area (Å²) in [5.74, 6) is -0.933. The van der Waals surface area contributed by atoms with Crippen molar-refractivity contribution in [3.05, 3.63) is 0 Å². The topological polar surface area (TPSA) is 66.4 Å². The highest BCUT2D eigenvalue weighted by Gasteiger charge is 2.27. The van der Waals surface area contributed by atoms with Gasteiger partial charge in [-0.15, -0.1) is 0 Å². The molecule has 2 N–H and O–H groups in total. The zero-order valence-corrected chi connectivity index (χ0v) is 9.96. The Morgan fingerprint density at radius 2 is 1.93 bits per heavy atom. The van der Waals surface area contributed by atoms with Crippen LogP contribution in [0.5, 0.6) is 0 Å². The van der Waals surface area contributed by atoms with Crippen LogP contribution in [0.3, 0.4) is 0 Å². The van der Waals surface area contributed by atoms with Crippen molar-refractivity contribution in [2.75, 3.05) is 0 Å². The van der Waals surface area contributed by atoms with Crippen LogP contribution in [-0.4, -0.2) is 23.0 Å². The minimum atomic E-state index is -0.862. The Morgan fingerprint density at radius 1 is 1.40 bits per heavy atom. The van der Waals surface area contributed by atoms with E-state index in [0.717, 1.165) is 6.42 Å². The Hall–Kier alpha value is -1.06. The lowest BCUT2D eigenvalue weighted by molar-refractivity contribution is -0.147. The summed E-state index contributed by atoms with van der Waals surface area (Å²) in [6.07, 6.45) is 1.52. The Labute approximate surface area is 91.1 Å². The monoisotopic (exact) mass is 215 g/mol. The lowest BCUT2D eigenvalue weighted by Crippen LogP contribution is -2.33. The Balaban J connectivity index is 3.96. The Kier molecular flexibility index (Phi) is 5.33. The predicted molar refractivity (Wildman–Crippen MR) is 58.5 cm³/mol. The first kappa shape index (κ1) is 13.9. The molecule has 0 aliphatic rings. The molecule has 4 nitrogen and oxygen atoms in total. The lowest BCUT2D eigenvalue weighted by Gasteiger charge is -2.19. The van der Waals surface area contributed by atoms with E-state index in [1.54, 1.807) is 13.8 Å². The molecule has 0 aromatic rings. The van der Waals surface area contributed by atoms with Gasteiger partial charge in [0.2, 0.25) is 5.91 Å². The summed E-state index contributed by atoms with van der Waals surface area (Å²) < 4.78 is 0.